The van der Waals surface area contributed by atoms with E-state index >= 15 is 0 Å². The third-order valence-electron chi connectivity index (χ3n) is 5.78. The van der Waals surface area contributed by atoms with Gasteiger partial charge in [-0.1, -0.05) is 12.1 Å². The number of hydrogen-bond donors (Lipinski definition) is 2. The molecule has 31 heavy (non-hydrogen) atoms. The molecule has 2 aromatic heterocycles. The first-order valence-electron chi connectivity index (χ1n) is 10.3. The molecule has 2 amide bonds. The molecule has 3 aromatic rings. The van der Waals surface area contributed by atoms with Crippen LogP contribution in [0.5, 0.6) is 0 Å². The minimum atomic E-state index is -0.333. The molecule has 0 fully saturated rings. The molecule has 0 radical (unpaired) electrons. The number of benzene rings is 1. The van der Waals surface area contributed by atoms with Gasteiger partial charge in [-0.2, -0.15) is 5.10 Å². The first-order chi connectivity index (χ1) is 14.9. The molecule has 2 N–H and O–H groups in total. The Hall–Kier alpha value is -3.61. The van der Waals surface area contributed by atoms with Crippen LogP contribution < -0.4 is 10.7 Å². The van der Waals surface area contributed by atoms with Crippen LogP contribution in [-0.4, -0.2) is 17.5 Å². The second kappa shape index (κ2) is 8.26. The molecule has 0 unspecified atom stereocenters. The van der Waals surface area contributed by atoms with E-state index in [1.807, 2.05) is 39.0 Å². The first-order valence-corrected chi connectivity index (χ1v) is 10.3. The second-order valence-corrected chi connectivity index (χ2v) is 7.80. The summed E-state index contributed by atoms with van der Waals surface area (Å²) in [6.07, 6.45) is 3.71. The molecule has 0 bridgehead atoms. The minimum absolute atomic E-state index is 0.275. The number of nitrogens with one attached hydrogen (secondary N) is 2. The zero-order chi connectivity index (χ0) is 22.1. The van der Waals surface area contributed by atoms with Crippen molar-refractivity contribution in [3.8, 4) is 0 Å². The highest BCUT2D eigenvalue weighted by atomic mass is 16.4. The van der Waals surface area contributed by atoms with Gasteiger partial charge in [0.1, 0.15) is 11.5 Å². The van der Waals surface area contributed by atoms with Crippen LogP contribution in [0.2, 0.25) is 0 Å². The smallest absolute Gasteiger partial charge is 0.291 e. The third kappa shape index (κ3) is 3.91. The Morgan fingerprint density at radius 2 is 1.81 bits per heavy atom. The van der Waals surface area contributed by atoms with Crippen LogP contribution in [0.4, 0.5) is 5.69 Å². The van der Waals surface area contributed by atoms with E-state index in [0.29, 0.717) is 23.5 Å². The molecule has 1 aliphatic rings. The zero-order valence-corrected chi connectivity index (χ0v) is 18.1. The molecule has 7 heteroatoms. The highest BCUT2D eigenvalue weighted by molar-refractivity contribution is 6.09. The van der Waals surface area contributed by atoms with Gasteiger partial charge in [0.05, 0.1) is 17.5 Å². The van der Waals surface area contributed by atoms with Crippen LogP contribution in [-0.2, 0) is 6.42 Å². The number of furan rings is 2. The normalized spacial score (nSPS) is 14.4. The average molecular weight is 419 g/mol. The summed E-state index contributed by atoms with van der Waals surface area (Å²) in [5.41, 5.74) is 8.17. The Morgan fingerprint density at radius 3 is 2.55 bits per heavy atom. The molecule has 0 saturated heterocycles. The molecule has 0 spiro atoms. The van der Waals surface area contributed by atoms with Crippen LogP contribution >= 0.6 is 0 Å². The number of nitrogens with zero attached hydrogens (tertiary/aromatic N) is 1. The Labute approximate surface area is 180 Å². The number of amides is 2. The first kappa shape index (κ1) is 20.7. The monoisotopic (exact) mass is 419 g/mol. The van der Waals surface area contributed by atoms with Crippen LogP contribution in [0, 0.1) is 27.7 Å². The number of rotatable bonds is 4. The molecule has 1 aromatic carbocycles. The Kier molecular flexibility index (Phi) is 5.50. The van der Waals surface area contributed by atoms with Gasteiger partial charge in [0.2, 0.25) is 0 Å². The Bertz CT molecular complexity index is 1200. The number of hydrogen-bond acceptors (Lipinski definition) is 5. The predicted octanol–water partition coefficient (Wildman–Crippen LogP) is 4.83. The van der Waals surface area contributed by atoms with Crippen molar-refractivity contribution < 1.29 is 18.4 Å². The predicted molar refractivity (Wildman–Crippen MR) is 118 cm³/mol. The number of aryl methyl sites for hydroxylation is 3. The fourth-order valence-corrected chi connectivity index (χ4v) is 3.86. The van der Waals surface area contributed by atoms with E-state index in [4.69, 9.17) is 8.83 Å². The van der Waals surface area contributed by atoms with Crippen molar-refractivity contribution in [1.82, 2.24) is 5.43 Å². The summed E-state index contributed by atoms with van der Waals surface area (Å²) in [6.45, 7) is 7.55. The standard InChI is InChI=1S/C24H25N3O4/c1-13-7-5-8-18(14(13)2)25-24(29)22-15(3)21-19(9-6-10-20(21)31-22)26-27-23(28)17-11-12-30-16(17)4/h5,7-8,11-12H,6,9-10H2,1-4H3,(H,25,29)(H,27,28)/b26-19+. The molecule has 0 saturated carbocycles. The fourth-order valence-electron chi connectivity index (χ4n) is 3.86. The molecule has 0 aliphatic heterocycles. The highest BCUT2D eigenvalue weighted by Crippen LogP contribution is 2.30. The van der Waals surface area contributed by atoms with E-state index in [-0.39, 0.29) is 17.6 Å². The van der Waals surface area contributed by atoms with Crippen molar-refractivity contribution in [2.24, 2.45) is 5.10 Å². The number of hydrazone groups is 1. The number of carbonyl (C=O) groups excluding carboxylic acids is 2. The van der Waals surface area contributed by atoms with Crippen LogP contribution in [0.1, 0.15) is 67.5 Å². The van der Waals surface area contributed by atoms with E-state index in [0.717, 1.165) is 46.5 Å². The van der Waals surface area contributed by atoms with Crippen molar-refractivity contribution in [3.63, 3.8) is 0 Å². The Morgan fingerprint density at radius 1 is 1.00 bits per heavy atom. The second-order valence-electron chi connectivity index (χ2n) is 7.80. The van der Waals surface area contributed by atoms with Gasteiger partial charge in [-0.15, -0.1) is 0 Å². The van der Waals surface area contributed by atoms with Crippen LogP contribution in [0.15, 0.2) is 44.5 Å². The minimum Gasteiger partial charge on any atom is -0.469 e. The summed E-state index contributed by atoms with van der Waals surface area (Å²) in [7, 11) is 0. The topological polar surface area (TPSA) is 96.8 Å². The quantitative estimate of drug-likeness (QED) is 0.592. The van der Waals surface area contributed by atoms with Gasteiger partial charge in [-0.05, 0) is 63.8 Å². The van der Waals surface area contributed by atoms with Crippen molar-refractivity contribution >= 4 is 23.2 Å². The van der Waals surface area contributed by atoms with Gasteiger partial charge in [0, 0.05) is 23.2 Å². The molecule has 1 aliphatic carbocycles. The van der Waals surface area contributed by atoms with E-state index < -0.39 is 0 Å². The maximum absolute atomic E-state index is 13.0. The molecule has 4 rings (SSSR count). The summed E-state index contributed by atoms with van der Waals surface area (Å²) in [5, 5.41) is 7.30. The molecule has 160 valence electrons. The van der Waals surface area contributed by atoms with Crippen LogP contribution in [0.3, 0.4) is 0 Å². The molecule has 2 heterocycles. The van der Waals surface area contributed by atoms with E-state index in [1.54, 1.807) is 13.0 Å². The van der Waals surface area contributed by atoms with Crippen LogP contribution in [0.25, 0.3) is 0 Å². The highest BCUT2D eigenvalue weighted by Gasteiger charge is 2.28. The van der Waals surface area contributed by atoms with Crippen molar-refractivity contribution in [2.75, 3.05) is 5.32 Å². The number of carbonyl (C=O) groups is 2. The van der Waals surface area contributed by atoms with Crippen molar-refractivity contribution in [3.05, 3.63) is 75.6 Å². The summed E-state index contributed by atoms with van der Waals surface area (Å²) in [4.78, 5) is 25.3. The zero-order valence-electron chi connectivity index (χ0n) is 18.1. The number of fused-ring (bicyclic) bond motifs is 1. The van der Waals surface area contributed by atoms with Crippen molar-refractivity contribution in [2.45, 2.75) is 47.0 Å². The fraction of sp³-hybridized carbons (Fsp3) is 0.292. The van der Waals surface area contributed by atoms with Gasteiger partial charge < -0.3 is 14.2 Å². The summed E-state index contributed by atoms with van der Waals surface area (Å²) < 4.78 is 11.1. The van der Waals surface area contributed by atoms with Gasteiger partial charge in [0.25, 0.3) is 11.8 Å². The van der Waals surface area contributed by atoms with E-state index in [1.165, 1.54) is 6.26 Å². The SMILES string of the molecule is Cc1cccc(NC(=O)c2oc3c(c2C)/C(=N/NC(=O)c2ccoc2C)CCC3)c1C. The van der Waals surface area contributed by atoms with Gasteiger partial charge in [-0.3, -0.25) is 9.59 Å². The van der Waals surface area contributed by atoms with Gasteiger partial charge in [-0.25, -0.2) is 5.43 Å². The lowest BCUT2D eigenvalue weighted by molar-refractivity contribution is 0.0952. The van der Waals surface area contributed by atoms with Gasteiger partial charge >= 0.3 is 0 Å². The van der Waals surface area contributed by atoms with E-state index in [2.05, 4.69) is 15.8 Å². The maximum atomic E-state index is 13.0. The Balaban J connectivity index is 1.59. The summed E-state index contributed by atoms with van der Waals surface area (Å²) in [6, 6.07) is 7.39. The maximum Gasteiger partial charge on any atom is 0.291 e. The molecular formula is C24H25N3O4. The van der Waals surface area contributed by atoms with E-state index in [9.17, 15) is 9.59 Å². The lowest BCUT2D eigenvalue weighted by atomic mass is 9.93. The summed E-state index contributed by atoms with van der Waals surface area (Å²) in [5.74, 6) is 0.907. The summed E-state index contributed by atoms with van der Waals surface area (Å²) >= 11 is 0. The molecular weight excluding hydrogens is 394 g/mol. The average Bonchev–Trinajstić information content (AvgIpc) is 3.33. The van der Waals surface area contributed by atoms with Crippen molar-refractivity contribution in [1.29, 1.82) is 0 Å². The largest absolute Gasteiger partial charge is 0.469 e. The molecule has 7 nitrogen and oxygen atoms in total. The van der Waals surface area contributed by atoms with Gasteiger partial charge in [0.15, 0.2) is 5.76 Å². The lowest BCUT2D eigenvalue weighted by Gasteiger charge is -2.13. The number of anilines is 1. The lowest BCUT2D eigenvalue weighted by Crippen LogP contribution is -2.22. The third-order valence-corrected chi connectivity index (χ3v) is 5.78. The molecule has 0 atom stereocenters.